The first-order valence-electron chi connectivity index (χ1n) is 9.05. The highest BCUT2D eigenvalue weighted by atomic mass is 32.2. The van der Waals surface area contributed by atoms with Gasteiger partial charge in [0.25, 0.3) is 5.91 Å². The van der Waals surface area contributed by atoms with E-state index in [0.717, 1.165) is 10.8 Å². The second-order valence-corrected chi connectivity index (χ2v) is 9.70. The van der Waals surface area contributed by atoms with Gasteiger partial charge in [0, 0.05) is 31.2 Å². The number of carbonyl (C=O) groups excluding carboxylic acids is 1. The molecular weight excluding hydrogens is 350 g/mol. The van der Waals surface area contributed by atoms with Crippen LogP contribution < -0.4 is 0 Å². The van der Waals surface area contributed by atoms with Crippen LogP contribution >= 0.6 is 0 Å². The Morgan fingerprint density at radius 3 is 2.65 bits per heavy atom. The molecule has 6 heteroatoms. The monoisotopic (exact) mass is 373 g/mol. The Labute approximate surface area is 153 Å². The summed E-state index contributed by atoms with van der Waals surface area (Å²) >= 11 is 0. The van der Waals surface area contributed by atoms with E-state index in [1.54, 1.807) is 4.90 Å². The van der Waals surface area contributed by atoms with Crippen LogP contribution in [-0.2, 0) is 14.6 Å². The fraction of sp³-hybridized carbons (Fsp3) is 0.450. The van der Waals surface area contributed by atoms with Crippen LogP contribution in [0.1, 0.15) is 23.7 Å². The maximum atomic E-state index is 12.8. The summed E-state index contributed by atoms with van der Waals surface area (Å²) in [5.41, 5.74) is 0.607. The third-order valence-corrected chi connectivity index (χ3v) is 8.43. The Morgan fingerprint density at radius 2 is 1.92 bits per heavy atom. The highest BCUT2D eigenvalue weighted by Crippen LogP contribution is 2.45. The van der Waals surface area contributed by atoms with E-state index in [-0.39, 0.29) is 30.7 Å². The van der Waals surface area contributed by atoms with Gasteiger partial charge in [0.2, 0.25) is 0 Å². The van der Waals surface area contributed by atoms with Crippen molar-refractivity contribution in [3.8, 4) is 0 Å². The van der Waals surface area contributed by atoms with Gasteiger partial charge >= 0.3 is 0 Å². The van der Waals surface area contributed by atoms with Crippen molar-refractivity contribution in [2.24, 2.45) is 5.92 Å². The highest BCUT2D eigenvalue weighted by Gasteiger charge is 2.62. The van der Waals surface area contributed by atoms with Crippen LogP contribution in [-0.4, -0.2) is 56.0 Å². The molecule has 26 heavy (non-hydrogen) atoms. The van der Waals surface area contributed by atoms with Crippen molar-refractivity contribution < 1.29 is 17.9 Å². The summed E-state index contributed by atoms with van der Waals surface area (Å²) in [4.78, 5) is 14.5. The summed E-state index contributed by atoms with van der Waals surface area (Å²) in [5.74, 6) is 0.0784. The topological polar surface area (TPSA) is 63.7 Å². The van der Waals surface area contributed by atoms with E-state index in [2.05, 4.69) is 0 Å². The number of carbonyl (C=O) groups is 1. The smallest absolute Gasteiger partial charge is 0.253 e. The minimum absolute atomic E-state index is 0.0203. The molecule has 2 aliphatic rings. The summed E-state index contributed by atoms with van der Waals surface area (Å²) in [7, 11) is -3.19. The Hall–Kier alpha value is -1.92. The molecule has 138 valence electrons. The minimum Gasteiger partial charge on any atom is -0.381 e. The molecule has 0 bridgehead atoms. The van der Waals surface area contributed by atoms with Crippen LogP contribution in [0, 0.1) is 5.92 Å². The number of amides is 1. The zero-order valence-electron chi connectivity index (χ0n) is 14.8. The molecule has 4 rings (SSSR count). The van der Waals surface area contributed by atoms with Gasteiger partial charge in [-0.3, -0.25) is 4.79 Å². The lowest BCUT2D eigenvalue weighted by Gasteiger charge is -2.49. The van der Waals surface area contributed by atoms with Gasteiger partial charge in [0.15, 0.2) is 9.84 Å². The molecule has 2 aliphatic heterocycles. The van der Waals surface area contributed by atoms with Gasteiger partial charge in [-0.15, -0.1) is 0 Å². The Morgan fingerprint density at radius 1 is 1.19 bits per heavy atom. The molecule has 0 N–H and O–H groups in total. The normalized spacial score (nSPS) is 23.3. The predicted molar refractivity (Wildman–Crippen MR) is 101 cm³/mol. The van der Waals surface area contributed by atoms with Crippen molar-refractivity contribution in [1.82, 2.24) is 4.90 Å². The van der Waals surface area contributed by atoms with Crippen LogP contribution in [0.5, 0.6) is 0 Å². The quantitative estimate of drug-likeness (QED) is 0.826. The molecule has 1 atom stereocenters. The van der Waals surface area contributed by atoms with E-state index in [1.807, 2.05) is 49.4 Å². The second kappa shape index (κ2) is 6.35. The van der Waals surface area contributed by atoms with Crippen LogP contribution in [0.4, 0.5) is 0 Å². The fourth-order valence-electron chi connectivity index (χ4n) is 4.22. The first kappa shape index (κ1) is 17.5. The van der Waals surface area contributed by atoms with Gasteiger partial charge in [-0.2, -0.15) is 0 Å². The zero-order chi connectivity index (χ0) is 18.4. The average Bonchev–Trinajstić information content (AvgIpc) is 2.88. The number of likely N-dealkylation sites (tertiary alicyclic amines) is 1. The van der Waals surface area contributed by atoms with Gasteiger partial charge in [0.05, 0.1) is 12.4 Å². The first-order valence-corrected chi connectivity index (χ1v) is 10.7. The summed E-state index contributed by atoms with van der Waals surface area (Å²) in [6, 6.07) is 13.5. The largest absolute Gasteiger partial charge is 0.381 e. The molecule has 0 aromatic heterocycles. The van der Waals surface area contributed by atoms with Crippen LogP contribution in [0.15, 0.2) is 42.5 Å². The maximum Gasteiger partial charge on any atom is 0.253 e. The second-order valence-electron chi connectivity index (χ2n) is 7.25. The molecule has 0 saturated carbocycles. The van der Waals surface area contributed by atoms with Gasteiger partial charge in [0.1, 0.15) is 4.75 Å². The van der Waals surface area contributed by atoms with Crippen molar-refractivity contribution >= 4 is 26.5 Å². The number of sulfone groups is 1. The number of ether oxygens (including phenoxy) is 1. The Bertz CT molecular complexity index is 947. The lowest BCUT2D eigenvalue weighted by Crippen LogP contribution is -2.68. The number of hydrogen-bond donors (Lipinski definition) is 0. The number of benzene rings is 2. The van der Waals surface area contributed by atoms with Crippen LogP contribution in [0.25, 0.3) is 10.8 Å². The van der Waals surface area contributed by atoms with E-state index in [9.17, 15) is 13.2 Å². The van der Waals surface area contributed by atoms with Crippen molar-refractivity contribution in [2.45, 2.75) is 18.1 Å². The first-order chi connectivity index (χ1) is 12.5. The van der Waals surface area contributed by atoms with Gasteiger partial charge < -0.3 is 9.64 Å². The van der Waals surface area contributed by atoms with Crippen molar-refractivity contribution in [2.75, 3.05) is 32.1 Å². The number of fused-ring (bicyclic) bond motifs is 1. The molecule has 2 saturated heterocycles. The van der Waals surface area contributed by atoms with Crippen molar-refractivity contribution in [1.29, 1.82) is 0 Å². The predicted octanol–water partition coefficient (Wildman–Crippen LogP) is 2.51. The molecule has 2 heterocycles. The zero-order valence-corrected chi connectivity index (χ0v) is 15.7. The molecule has 1 unspecified atom stereocenters. The number of hydrogen-bond acceptors (Lipinski definition) is 4. The molecule has 0 radical (unpaired) electrons. The maximum absolute atomic E-state index is 12.8. The van der Waals surface area contributed by atoms with Crippen molar-refractivity contribution in [3.05, 3.63) is 48.0 Å². The highest BCUT2D eigenvalue weighted by molar-refractivity contribution is 7.93. The SMILES string of the molecule is CCOCC1CCS(=O)(=O)C12CN(C(=O)c1ccc3ccccc3c1)C2. The van der Waals surface area contributed by atoms with Gasteiger partial charge in [-0.05, 0) is 36.2 Å². The molecule has 0 aliphatic carbocycles. The summed E-state index contributed by atoms with van der Waals surface area (Å²) in [6.07, 6.45) is 0.625. The summed E-state index contributed by atoms with van der Waals surface area (Å²) in [6.45, 7) is 3.49. The fourth-order valence-corrected chi connectivity index (χ4v) is 6.62. The van der Waals surface area contributed by atoms with E-state index >= 15 is 0 Å². The lowest BCUT2D eigenvalue weighted by atomic mass is 9.83. The average molecular weight is 373 g/mol. The van der Waals surface area contributed by atoms with Crippen LogP contribution in [0.2, 0.25) is 0 Å². The lowest BCUT2D eigenvalue weighted by molar-refractivity contribution is 0.0271. The van der Waals surface area contributed by atoms with E-state index < -0.39 is 14.6 Å². The van der Waals surface area contributed by atoms with E-state index in [1.165, 1.54) is 0 Å². The molecule has 5 nitrogen and oxygen atoms in total. The van der Waals surface area contributed by atoms with Gasteiger partial charge in [-0.25, -0.2) is 8.42 Å². The molecule has 1 amide bonds. The standard InChI is InChI=1S/C20H23NO4S/c1-2-25-12-18-9-10-26(23,24)20(18)13-21(14-20)19(22)17-8-7-15-5-3-4-6-16(15)11-17/h3-8,11,18H,2,9-10,12-14H2,1H3. The van der Waals surface area contributed by atoms with Crippen molar-refractivity contribution in [3.63, 3.8) is 0 Å². The van der Waals surface area contributed by atoms with Crippen LogP contribution in [0.3, 0.4) is 0 Å². The minimum atomic E-state index is -3.19. The Balaban J connectivity index is 1.54. The number of rotatable bonds is 4. The molecule has 2 aromatic carbocycles. The molecule has 1 spiro atoms. The van der Waals surface area contributed by atoms with E-state index in [4.69, 9.17) is 4.74 Å². The molecule has 2 aromatic rings. The Kier molecular flexibility index (Phi) is 4.28. The van der Waals surface area contributed by atoms with Gasteiger partial charge in [-0.1, -0.05) is 30.3 Å². The third-order valence-electron chi connectivity index (χ3n) is 5.82. The summed E-state index contributed by atoms with van der Waals surface area (Å²) < 4.78 is 29.9. The van der Waals surface area contributed by atoms with E-state index in [0.29, 0.717) is 25.2 Å². The third kappa shape index (κ3) is 2.63. The molecular formula is C20H23NO4S. The summed E-state index contributed by atoms with van der Waals surface area (Å²) in [5, 5.41) is 2.09. The number of nitrogens with zero attached hydrogens (tertiary/aromatic N) is 1. The molecule has 2 fully saturated rings.